The third-order valence-corrected chi connectivity index (χ3v) is 7.59. The number of hydrogen-bond acceptors (Lipinski definition) is 6. The molecule has 0 amide bonds. The zero-order valence-electron chi connectivity index (χ0n) is 22.9. The summed E-state index contributed by atoms with van der Waals surface area (Å²) in [5.74, 6) is -0.379. The van der Waals surface area contributed by atoms with Gasteiger partial charge in [-0.05, 0) is 68.5 Å². The molecule has 6 nitrogen and oxygen atoms in total. The Balaban J connectivity index is 1.94. The molecule has 2 aromatic carbocycles. The number of carbonyl (C=O) groups is 2. The molecule has 0 radical (unpaired) electrons. The van der Waals surface area contributed by atoms with E-state index in [-0.39, 0.29) is 5.97 Å². The molecule has 1 unspecified atom stereocenters. The molecule has 1 aliphatic heterocycles. The van der Waals surface area contributed by atoms with E-state index < -0.39 is 16.6 Å². The summed E-state index contributed by atoms with van der Waals surface area (Å²) in [4.78, 5) is 26.8. The number of carboxylic acids is 1. The number of thioether (sulfide) groups is 1. The summed E-state index contributed by atoms with van der Waals surface area (Å²) >= 11 is 1.76. The maximum Gasteiger partial charge on any atom is 0.354 e. The van der Waals surface area contributed by atoms with Gasteiger partial charge in [-0.1, -0.05) is 69.7 Å². The van der Waals surface area contributed by atoms with Crippen LogP contribution in [0.2, 0.25) is 0 Å². The summed E-state index contributed by atoms with van der Waals surface area (Å²) < 4.78 is 5.62. The number of nitrogens with one attached hydrogen (secondary N) is 1. The summed E-state index contributed by atoms with van der Waals surface area (Å²) in [5.41, 5.74) is 3.82. The van der Waals surface area contributed by atoms with Crippen LogP contribution in [0.25, 0.3) is 11.1 Å². The smallest absolute Gasteiger partial charge is 0.354 e. The van der Waals surface area contributed by atoms with E-state index in [0.29, 0.717) is 24.2 Å². The van der Waals surface area contributed by atoms with Crippen LogP contribution in [0.15, 0.2) is 59.9 Å². The standard InChI is InChI=1S/C30H40N2O4S/c1-7-10-19-30(37-9-3)31-25(8-2)26(27(33)34)32(30)20-21-15-17-22(18-16-21)23-13-11-12-14-24(23)28(35)36-29(4,5)6/h11-18,31H,7-10,19-20H2,1-6H3,(H,33,34). The molecule has 3 rings (SSSR count). The first-order valence-electron chi connectivity index (χ1n) is 13.1. The van der Waals surface area contributed by atoms with Crippen LogP contribution >= 0.6 is 11.8 Å². The molecule has 7 heteroatoms. The Morgan fingerprint density at radius 2 is 1.73 bits per heavy atom. The number of nitrogens with zero attached hydrogens (tertiary/aromatic N) is 1. The van der Waals surface area contributed by atoms with Crippen LogP contribution in [-0.4, -0.2) is 38.3 Å². The fourth-order valence-corrected chi connectivity index (χ4v) is 5.94. The highest BCUT2D eigenvalue weighted by atomic mass is 32.2. The Morgan fingerprint density at radius 1 is 1.05 bits per heavy atom. The number of rotatable bonds is 11. The molecule has 0 saturated heterocycles. The first-order valence-corrected chi connectivity index (χ1v) is 14.1. The predicted molar refractivity (Wildman–Crippen MR) is 151 cm³/mol. The van der Waals surface area contributed by atoms with Gasteiger partial charge in [-0.15, -0.1) is 11.8 Å². The van der Waals surface area contributed by atoms with Gasteiger partial charge in [0.05, 0.1) is 5.56 Å². The molecule has 1 aliphatic rings. The second-order valence-corrected chi connectivity index (χ2v) is 11.8. The van der Waals surface area contributed by atoms with Crippen molar-refractivity contribution >= 4 is 23.7 Å². The third-order valence-electron chi connectivity index (χ3n) is 6.30. The van der Waals surface area contributed by atoms with E-state index >= 15 is 0 Å². The van der Waals surface area contributed by atoms with Crippen LogP contribution in [0.4, 0.5) is 0 Å². The van der Waals surface area contributed by atoms with Gasteiger partial charge in [0.2, 0.25) is 0 Å². The lowest BCUT2D eigenvalue weighted by Crippen LogP contribution is -2.50. The van der Waals surface area contributed by atoms with Crippen molar-refractivity contribution in [1.82, 2.24) is 10.2 Å². The largest absolute Gasteiger partial charge is 0.477 e. The molecule has 0 aromatic heterocycles. The van der Waals surface area contributed by atoms with E-state index in [4.69, 9.17) is 4.74 Å². The molecule has 1 atom stereocenters. The minimum atomic E-state index is -0.901. The highest BCUT2D eigenvalue weighted by molar-refractivity contribution is 8.00. The van der Waals surface area contributed by atoms with Gasteiger partial charge in [0.15, 0.2) is 4.99 Å². The molecule has 0 bridgehead atoms. The number of ether oxygens (including phenoxy) is 1. The summed E-state index contributed by atoms with van der Waals surface area (Å²) in [5, 5.41) is 13.8. The summed E-state index contributed by atoms with van der Waals surface area (Å²) in [6.07, 6.45) is 3.53. The Hall–Kier alpha value is -2.93. The number of hydrogen-bond donors (Lipinski definition) is 2. The van der Waals surface area contributed by atoms with Crippen molar-refractivity contribution in [3.63, 3.8) is 0 Å². The lowest BCUT2D eigenvalue weighted by atomic mass is 9.98. The molecule has 2 N–H and O–H groups in total. The van der Waals surface area contributed by atoms with E-state index in [9.17, 15) is 14.7 Å². The van der Waals surface area contributed by atoms with Gasteiger partial charge in [-0.25, -0.2) is 9.59 Å². The summed E-state index contributed by atoms with van der Waals surface area (Å²) in [6, 6.07) is 15.5. The van der Waals surface area contributed by atoms with Gasteiger partial charge in [0.1, 0.15) is 11.3 Å². The van der Waals surface area contributed by atoms with Crippen molar-refractivity contribution in [3.05, 3.63) is 71.1 Å². The van der Waals surface area contributed by atoms with Crippen LogP contribution in [0.5, 0.6) is 0 Å². The Bertz CT molecular complexity index is 1140. The highest BCUT2D eigenvalue weighted by Crippen LogP contribution is 2.43. The SMILES string of the molecule is CCCCC1(SCC)NC(CC)=C(C(=O)O)N1Cc1ccc(-c2ccccc2C(=O)OC(C)(C)C)cc1. The maximum atomic E-state index is 12.8. The average molecular weight is 525 g/mol. The van der Waals surface area contributed by atoms with Crippen LogP contribution in [0, 0.1) is 0 Å². The maximum absolute atomic E-state index is 12.8. The number of unbranched alkanes of at least 4 members (excludes halogenated alkanes) is 1. The van der Waals surface area contributed by atoms with Crippen molar-refractivity contribution in [1.29, 1.82) is 0 Å². The first-order chi connectivity index (χ1) is 17.5. The first kappa shape index (κ1) is 28.6. The van der Waals surface area contributed by atoms with Crippen LogP contribution in [-0.2, 0) is 16.1 Å². The van der Waals surface area contributed by atoms with E-state index in [1.165, 1.54) is 0 Å². The van der Waals surface area contributed by atoms with Crippen molar-refractivity contribution in [2.24, 2.45) is 0 Å². The lowest BCUT2D eigenvalue weighted by molar-refractivity contribution is -0.134. The molecule has 200 valence electrons. The summed E-state index contributed by atoms with van der Waals surface area (Å²) in [7, 11) is 0. The van der Waals surface area contributed by atoms with E-state index in [0.717, 1.165) is 47.4 Å². The van der Waals surface area contributed by atoms with Crippen LogP contribution in [0.1, 0.15) is 83.1 Å². The van der Waals surface area contributed by atoms with Gasteiger partial charge in [0, 0.05) is 12.2 Å². The second-order valence-electron chi connectivity index (χ2n) is 10.3. The monoisotopic (exact) mass is 524 g/mol. The Labute approximate surface area is 225 Å². The summed E-state index contributed by atoms with van der Waals surface area (Å²) in [6.45, 7) is 12.3. The Morgan fingerprint density at radius 3 is 2.30 bits per heavy atom. The minimum Gasteiger partial charge on any atom is -0.477 e. The quantitative estimate of drug-likeness (QED) is 0.306. The molecule has 0 fully saturated rings. The number of carbonyl (C=O) groups excluding carboxylic acids is 1. The third kappa shape index (κ3) is 6.69. The van der Waals surface area contributed by atoms with Gasteiger partial charge in [-0.3, -0.25) is 0 Å². The highest BCUT2D eigenvalue weighted by Gasteiger charge is 2.46. The van der Waals surface area contributed by atoms with Crippen molar-refractivity contribution in [2.45, 2.75) is 84.4 Å². The molecule has 0 saturated carbocycles. The van der Waals surface area contributed by atoms with Crippen molar-refractivity contribution in [3.8, 4) is 11.1 Å². The Kier molecular flexibility index (Phi) is 9.35. The van der Waals surface area contributed by atoms with Crippen molar-refractivity contribution in [2.75, 3.05) is 5.75 Å². The second kappa shape index (κ2) is 12.1. The molecule has 1 heterocycles. The number of esters is 1. The predicted octanol–water partition coefficient (Wildman–Crippen LogP) is 7.02. The van der Waals surface area contributed by atoms with Gasteiger partial charge >= 0.3 is 11.9 Å². The van der Waals surface area contributed by atoms with Gasteiger partial charge < -0.3 is 20.1 Å². The lowest BCUT2D eigenvalue weighted by Gasteiger charge is -2.40. The van der Waals surface area contributed by atoms with Gasteiger partial charge in [-0.2, -0.15) is 0 Å². The van der Waals surface area contributed by atoms with E-state index in [2.05, 4.69) is 19.2 Å². The van der Waals surface area contributed by atoms with Crippen molar-refractivity contribution < 1.29 is 19.4 Å². The number of carboxylic acid groups (broad SMARTS) is 1. The van der Waals surface area contributed by atoms with Gasteiger partial charge in [0.25, 0.3) is 0 Å². The normalized spacial score (nSPS) is 17.6. The number of benzene rings is 2. The fourth-order valence-electron chi connectivity index (χ4n) is 4.67. The zero-order valence-corrected chi connectivity index (χ0v) is 23.7. The van der Waals surface area contributed by atoms with E-state index in [1.54, 1.807) is 17.8 Å². The molecule has 0 aliphatic carbocycles. The average Bonchev–Trinajstić information content (AvgIpc) is 3.15. The van der Waals surface area contributed by atoms with Crippen LogP contribution < -0.4 is 5.32 Å². The molecule has 37 heavy (non-hydrogen) atoms. The fraction of sp³-hybridized carbons (Fsp3) is 0.467. The molecule has 2 aromatic rings. The molecule has 0 spiro atoms. The number of aliphatic carboxylic acids is 1. The van der Waals surface area contributed by atoms with E-state index in [1.807, 2.05) is 75.1 Å². The molecular weight excluding hydrogens is 484 g/mol. The minimum absolute atomic E-state index is 0.351. The molecular formula is C30H40N2O4S. The van der Waals surface area contributed by atoms with Crippen LogP contribution in [0.3, 0.4) is 0 Å². The topological polar surface area (TPSA) is 78.9 Å². The zero-order chi connectivity index (χ0) is 27.2. The number of allylic oxidation sites excluding steroid dienone is 1.